The number of fused-ring (bicyclic) bond motifs is 1. The van der Waals surface area contributed by atoms with E-state index >= 15 is 0 Å². The highest BCUT2D eigenvalue weighted by Gasteiger charge is 2.20. The van der Waals surface area contributed by atoms with Gasteiger partial charge in [0.15, 0.2) is 0 Å². The molecule has 3 rings (SSSR count). The average Bonchev–Trinajstić information content (AvgIpc) is 2.88. The van der Waals surface area contributed by atoms with Crippen LogP contribution in [0.2, 0.25) is 5.15 Å². The Morgan fingerprint density at radius 2 is 2.37 bits per heavy atom. The van der Waals surface area contributed by atoms with E-state index in [1.54, 1.807) is 11.3 Å². The van der Waals surface area contributed by atoms with Crippen molar-refractivity contribution in [2.24, 2.45) is 0 Å². The first kappa shape index (κ1) is 13.6. The minimum Gasteiger partial charge on any atom is -0.294 e. The Hall–Kier alpha value is -0.360. The Kier molecular flexibility index (Phi) is 4.27. The largest absolute Gasteiger partial charge is 0.294 e. The molecule has 3 heterocycles. The molecule has 1 fully saturated rings. The fraction of sp³-hybridized carbons (Fsp3) is 0.538. The molecule has 1 aliphatic rings. The van der Waals surface area contributed by atoms with Gasteiger partial charge >= 0.3 is 0 Å². The molecule has 0 amide bonds. The zero-order chi connectivity index (χ0) is 13.2. The molecule has 2 aromatic heterocycles. The van der Waals surface area contributed by atoms with E-state index in [1.165, 1.54) is 12.2 Å². The van der Waals surface area contributed by atoms with Crippen LogP contribution in [0.1, 0.15) is 19.2 Å². The van der Waals surface area contributed by atoms with Crippen LogP contribution >= 0.6 is 34.7 Å². The maximum Gasteiger partial charge on any atom is 0.145 e. The molecule has 6 heteroatoms. The number of halogens is 1. The number of aromatic nitrogens is 2. The summed E-state index contributed by atoms with van der Waals surface area (Å²) in [6.07, 6.45) is 1.23. The van der Waals surface area contributed by atoms with Crippen LogP contribution in [-0.2, 0) is 6.54 Å². The minimum atomic E-state index is 0.583. The molecule has 2 aromatic rings. The minimum absolute atomic E-state index is 0.583. The van der Waals surface area contributed by atoms with Gasteiger partial charge in [-0.3, -0.25) is 4.90 Å². The fourth-order valence-electron chi connectivity index (χ4n) is 2.30. The molecule has 0 N–H and O–H groups in total. The summed E-state index contributed by atoms with van der Waals surface area (Å²) in [6, 6.07) is 1.98. The van der Waals surface area contributed by atoms with E-state index in [9.17, 15) is 0 Å². The SMILES string of the molecule is CCC1CN(Cc2nc(Cl)c3ccsc3n2)CCS1. The summed E-state index contributed by atoms with van der Waals surface area (Å²) in [7, 11) is 0. The van der Waals surface area contributed by atoms with Crippen LogP contribution in [0, 0.1) is 0 Å². The highest BCUT2D eigenvalue weighted by Crippen LogP contribution is 2.26. The Labute approximate surface area is 126 Å². The number of rotatable bonds is 3. The van der Waals surface area contributed by atoms with E-state index in [0.29, 0.717) is 5.15 Å². The lowest BCUT2D eigenvalue weighted by molar-refractivity contribution is 0.267. The lowest BCUT2D eigenvalue weighted by Crippen LogP contribution is -2.37. The van der Waals surface area contributed by atoms with Gasteiger partial charge in [0.05, 0.1) is 6.54 Å². The third-order valence-electron chi connectivity index (χ3n) is 3.37. The molecule has 1 aliphatic heterocycles. The van der Waals surface area contributed by atoms with Gasteiger partial charge in [-0.2, -0.15) is 11.8 Å². The van der Waals surface area contributed by atoms with Crippen LogP contribution in [0.25, 0.3) is 10.2 Å². The Morgan fingerprint density at radius 3 is 3.21 bits per heavy atom. The van der Waals surface area contributed by atoms with Gasteiger partial charge in [-0.15, -0.1) is 11.3 Å². The fourth-order valence-corrected chi connectivity index (χ4v) is 4.64. The van der Waals surface area contributed by atoms with Gasteiger partial charge in [0.25, 0.3) is 0 Å². The summed E-state index contributed by atoms with van der Waals surface area (Å²) < 4.78 is 0. The Morgan fingerprint density at radius 1 is 1.47 bits per heavy atom. The van der Waals surface area contributed by atoms with Crippen molar-refractivity contribution in [1.29, 1.82) is 0 Å². The predicted octanol–water partition coefficient (Wildman–Crippen LogP) is 3.67. The number of thiophene rings is 1. The summed E-state index contributed by atoms with van der Waals surface area (Å²) in [5.41, 5.74) is 0. The van der Waals surface area contributed by atoms with Crippen LogP contribution < -0.4 is 0 Å². The molecular weight excluding hydrogens is 298 g/mol. The zero-order valence-electron chi connectivity index (χ0n) is 10.8. The molecule has 0 aromatic carbocycles. The van der Waals surface area contributed by atoms with Crippen LogP contribution in [0.3, 0.4) is 0 Å². The predicted molar refractivity (Wildman–Crippen MR) is 84.2 cm³/mol. The molecule has 1 atom stereocenters. The van der Waals surface area contributed by atoms with E-state index in [0.717, 1.165) is 40.9 Å². The zero-order valence-corrected chi connectivity index (χ0v) is 13.2. The first-order chi connectivity index (χ1) is 9.26. The van der Waals surface area contributed by atoms with Crippen molar-refractivity contribution < 1.29 is 0 Å². The molecule has 1 saturated heterocycles. The maximum absolute atomic E-state index is 6.21. The second-order valence-electron chi connectivity index (χ2n) is 4.71. The molecule has 102 valence electrons. The second-order valence-corrected chi connectivity index (χ2v) is 7.37. The van der Waals surface area contributed by atoms with Gasteiger partial charge in [-0.25, -0.2) is 9.97 Å². The van der Waals surface area contributed by atoms with Gasteiger partial charge in [0, 0.05) is 29.5 Å². The van der Waals surface area contributed by atoms with E-state index in [1.807, 2.05) is 11.4 Å². The first-order valence-corrected chi connectivity index (χ1v) is 8.80. The number of hydrogen-bond acceptors (Lipinski definition) is 5. The lowest BCUT2D eigenvalue weighted by atomic mass is 10.3. The Bertz CT molecular complexity index is 572. The molecule has 0 bridgehead atoms. The van der Waals surface area contributed by atoms with Crippen molar-refractivity contribution in [2.75, 3.05) is 18.8 Å². The van der Waals surface area contributed by atoms with Crippen molar-refractivity contribution in [3.63, 3.8) is 0 Å². The van der Waals surface area contributed by atoms with Crippen molar-refractivity contribution in [2.45, 2.75) is 25.1 Å². The summed E-state index contributed by atoms with van der Waals surface area (Å²) in [6.45, 7) is 5.31. The molecule has 0 spiro atoms. The van der Waals surface area contributed by atoms with Gasteiger partial charge in [-0.05, 0) is 17.9 Å². The van der Waals surface area contributed by atoms with Crippen molar-refractivity contribution in [3.8, 4) is 0 Å². The van der Waals surface area contributed by atoms with E-state index in [-0.39, 0.29) is 0 Å². The maximum atomic E-state index is 6.21. The third-order valence-corrected chi connectivity index (χ3v) is 5.83. The first-order valence-electron chi connectivity index (χ1n) is 6.50. The summed E-state index contributed by atoms with van der Waals surface area (Å²) >= 11 is 9.91. The van der Waals surface area contributed by atoms with Crippen LogP contribution in [0.15, 0.2) is 11.4 Å². The quantitative estimate of drug-likeness (QED) is 0.808. The smallest absolute Gasteiger partial charge is 0.145 e. The van der Waals surface area contributed by atoms with Crippen LogP contribution in [-0.4, -0.2) is 39.0 Å². The van der Waals surface area contributed by atoms with Crippen LogP contribution in [0.5, 0.6) is 0 Å². The van der Waals surface area contributed by atoms with Crippen molar-refractivity contribution in [3.05, 3.63) is 22.4 Å². The highest BCUT2D eigenvalue weighted by atomic mass is 35.5. The molecule has 3 nitrogen and oxygen atoms in total. The van der Waals surface area contributed by atoms with E-state index in [4.69, 9.17) is 11.6 Å². The highest BCUT2D eigenvalue weighted by molar-refractivity contribution is 8.00. The molecule has 1 unspecified atom stereocenters. The third kappa shape index (κ3) is 3.05. The number of hydrogen-bond donors (Lipinski definition) is 0. The van der Waals surface area contributed by atoms with Gasteiger partial charge in [0.1, 0.15) is 15.8 Å². The van der Waals surface area contributed by atoms with Crippen LogP contribution in [0.4, 0.5) is 0 Å². The molecular formula is C13H16ClN3S2. The topological polar surface area (TPSA) is 29.0 Å². The van der Waals surface area contributed by atoms with E-state index in [2.05, 4.69) is 33.6 Å². The normalized spacial score (nSPS) is 21.1. The number of thioether (sulfide) groups is 1. The number of nitrogens with zero attached hydrogens (tertiary/aromatic N) is 3. The summed E-state index contributed by atoms with van der Waals surface area (Å²) in [5.74, 6) is 2.05. The van der Waals surface area contributed by atoms with Crippen molar-refractivity contribution in [1.82, 2.24) is 14.9 Å². The molecule has 0 radical (unpaired) electrons. The molecule has 0 aliphatic carbocycles. The van der Waals surface area contributed by atoms with Crippen molar-refractivity contribution >= 4 is 44.9 Å². The summed E-state index contributed by atoms with van der Waals surface area (Å²) in [5, 5.41) is 4.31. The lowest BCUT2D eigenvalue weighted by Gasteiger charge is -2.31. The standard InChI is InChI=1S/C13H16ClN3S2/c1-2-9-7-17(4-6-18-9)8-11-15-12(14)10-3-5-19-13(10)16-11/h3,5,9H,2,4,6-8H2,1H3. The van der Waals surface area contributed by atoms with Gasteiger partial charge in [0.2, 0.25) is 0 Å². The second kappa shape index (κ2) is 5.95. The van der Waals surface area contributed by atoms with Gasteiger partial charge in [-0.1, -0.05) is 18.5 Å². The Balaban J connectivity index is 1.77. The van der Waals surface area contributed by atoms with Gasteiger partial charge < -0.3 is 0 Å². The molecule has 19 heavy (non-hydrogen) atoms. The van der Waals surface area contributed by atoms with E-state index < -0.39 is 0 Å². The molecule has 0 saturated carbocycles. The monoisotopic (exact) mass is 313 g/mol. The summed E-state index contributed by atoms with van der Waals surface area (Å²) in [4.78, 5) is 12.5. The average molecular weight is 314 g/mol.